The third-order valence-electron chi connectivity index (χ3n) is 2.97. The molecule has 6 heteroatoms. The van der Waals surface area contributed by atoms with Crippen molar-refractivity contribution in [1.82, 2.24) is 10.1 Å². The molecule has 0 bridgehead atoms. The third kappa shape index (κ3) is 3.81. The van der Waals surface area contributed by atoms with Crippen molar-refractivity contribution in [3.8, 4) is 5.75 Å². The van der Waals surface area contributed by atoms with Crippen LogP contribution in [0.4, 0.5) is 0 Å². The van der Waals surface area contributed by atoms with E-state index in [9.17, 15) is 4.79 Å². The SMILES string of the molecule is Cc1c(OCc2nc(CC(C)C)no2)cccc1C(=O)O. The van der Waals surface area contributed by atoms with Gasteiger partial charge in [-0.05, 0) is 25.0 Å². The number of ether oxygens (including phenoxy) is 1. The van der Waals surface area contributed by atoms with E-state index in [1.54, 1.807) is 19.1 Å². The summed E-state index contributed by atoms with van der Waals surface area (Å²) >= 11 is 0. The first-order valence-corrected chi connectivity index (χ1v) is 6.74. The number of rotatable bonds is 6. The number of hydrogen-bond acceptors (Lipinski definition) is 5. The Hall–Kier alpha value is -2.37. The highest BCUT2D eigenvalue weighted by Crippen LogP contribution is 2.22. The summed E-state index contributed by atoms with van der Waals surface area (Å²) in [6, 6.07) is 4.90. The van der Waals surface area contributed by atoms with Gasteiger partial charge in [-0.15, -0.1) is 0 Å². The van der Waals surface area contributed by atoms with Gasteiger partial charge in [-0.25, -0.2) is 4.79 Å². The number of nitrogens with zero attached hydrogens (tertiary/aromatic N) is 2. The lowest BCUT2D eigenvalue weighted by molar-refractivity contribution is 0.0695. The second-order valence-electron chi connectivity index (χ2n) is 5.22. The molecule has 0 unspecified atom stereocenters. The van der Waals surface area contributed by atoms with E-state index in [0.717, 1.165) is 6.42 Å². The Labute approximate surface area is 122 Å². The number of hydrogen-bond donors (Lipinski definition) is 1. The maximum absolute atomic E-state index is 11.1. The maximum atomic E-state index is 11.1. The molecule has 0 spiro atoms. The van der Waals surface area contributed by atoms with Crippen molar-refractivity contribution in [2.75, 3.05) is 0 Å². The Morgan fingerprint density at radius 2 is 2.19 bits per heavy atom. The van der Waals surface area contributed by atoms with Gasteiger partial charge in [-0.1, -0.05) is 25.1 Å². The predicted octanol–water partition coefficient (Wildman–Crippen LogP) is 2.85. The van der Waals surface area contributed by atoms with Crippen LogP contribution < -0.4 is 4.74 Å². The van der Waals surface area contributed by atoms with Crippen molar-refractivity contribution >= 4 is 5.97 Å². The number of aromatic nitrogens is 2. The van der Waals surface area contributed by atoms with Crippen LogP contribution in [0.25, 0.3) is 0 Å². The summed E-state index contributed by atoms with van der Waals surface area (Å²) in [4.78, 5) is 15.3. The number of aromatic carboxylic acids is 1. The first kappa shape index (κ1) is 15.0. The molecule has 1 heterocycles. The lowest BCUT2D eigenvalue weighted by atomic mass is 10.1. The van der Waals surface area contributed by atoms with E-state index in [4.69, 9.17) is 14.4 Å². The molecule has 2 rings (SSSR count). The van der Waals surface area contributed by atoms with Crippen LogP contribution in [0.3, 0.4) is 0 Å². The first-order valence-electron chi connectivity index (χ1n) is 6.74. The highest BCUT2D eigenvalue weighted by atomic mass is 16.5. The zero-order valence-electron chi connectivity index (χ0n) is 12.3. The lowest BCUT2D eigenvalue weighted by Gasteiger charge is -2.08. The summed E-state index contributed by atoms with van der Waals surface area (Å²) in [5.74, 6) is 1.00. The Bertz CT molecular complexity index is 634. The monoisotopic (exact) mass is 290 g/mol. The van der Waals surface area contributed by atoms with E-state index >= 15 is 0 Å². The molecule has 0 aliphatic heterocycles. The number of benzene rings is 1. The quantitative estimate of drug-likeness (QED) is 0.880. The van der Waals surface area contributed by atoms with E-state index in [2.05, 4.69) is 24.0 Å². The molecule has 0 amide bonds. The summed E-state index contributed by atoms with van der Waals surface area (Å²) in [5.41, 5.74) is 0.797. The molecule has 21 heavy (non-hydrogen) atoms. The molecule has 0 aliphatic rings. The molecule has 0 saturated heterocycles. The van der Waals surface area contributed by atoms with Gasteiger partial charge in [0.1, 0.15) is 5.75 Å². The van der Waals surface area contributed by atoms with Gasteiger partial charge in [0.05, 0.1) is 5.56 Å². The number of carbonyl (C=O) groups is 1. The van der Waals surface area contributed by atoms with Gasteiger partial charge in [0.25, 0.3) is 5.89 Å². The van der Waals surface area contributed by atoms with Crippen LogP contribution in [0.5, 0.6) is 5.75 Å². The molecule has 1 aromatic heterocycles. The molecule has 0 atom stereocenters. The Balaban J connectivity index is 2.05. The van der Waals surface area contributed by atoms with Gasteiger partial charge in [0, 0.05) is 12.0 Å². The fourth-order valence-corrected chi connectivity index (χ4v) is 1.94. The Kier molecular flexibility index (Phi) is 4.57. The zero-order chi connectivity index (χ0) is 15.4. The second kappa shape index (κ2) is 6.39. The van der Waals surface area contributed by atoms with Gasteiger partial charge < -0.3 is 14.4 Å². The van der Waals surface area contributed by atoms with Gasteiger partial charge in [-0.3, -0.25) is 0 Å². The van der Waals surface area contributed by atoms with Crippen LogP contribution >= 0.6 is 0 Å². The smallest absolute Gasteiger partial charge is 0.336 e. The number of carboxylic acids is 1. The number of carboxylic acid groups (broad SMARTS) is 1. The van der Waals surface area contributed by atoms with Crippen molar-refractivity contribution in [1.29, 1.82) is 0 Å². The largest absolute Gasteiger partial charge is 0.483 e. The predicted molar refractivity (Wildman–Crippen MR) is 75.3 cm³/mol. The van der Waals surface area contributed by atoms with Crippen LogP contribution in [0.2, 0.25) is 0 Å². The molecule has 0 fully saturated rings. The lowest BCUT2D eigenvalue weighted by Crippen LogP contribution is -2.03. The minimum absolute atomic E-state index is 0.120. The molecular formula is C15H18N2O4. The Morgan fingerprint density at radius 1 is 1.43 bits per heavy atom. The van der Waals surface area contributed by atoms with Gasteiger partial charge in [-0.2, -0.15) is 4.98 Å². The average molecular weight is 290 g/mol. The van der Waals surface area contributed by atoms with Crippen molar-refractivity contribution in [3.63, 3.8) is 0 Å². The minimum atomic E-state index is -0.977. The highest BCUT2D eigenvalue weighted by Gasteiger charge is 2.13. The van der Waals surface area contributed by atoms with Crippen molar-refractivity contribution < 1.29 is 19.2 Å². The molecule has 1 aromatic carbocycles. The Morgan fingerprint density at radius 3 is 2.86 bits per heavy atom. The molecule has 6 nitrogen and oxygen atoms in total. The van der Waals surface area contributed by atoms with E-state index < -0.39 is 5.97 Å². The van der Waals surface area contributed by atoms with Crippen LogP contribution in [0.15, 0.2) is 22.7 Å². The van der Waals surface area contributed by atoms with Crippen LogP contribution in [0, 0.1) is 12.8 Å². The van der Waals surface area contributed by atoms with Crippen LogP contribution in [-0.4, -0.2) is 21.2 Å². The average Bonchev–Trinajstić information content (AvgIpc) is 2.84. The first-order chi connectivity index (χ1) is 9.97. The summed E-state index contributed by atoms with van der Waals surface area (Å²) in [5, 5.41) is 12.9. The highest BCUT2D eigenvalue weighted by molar-refractivity contribution is 5.90. The van der Waals surface area contributed by atoms with E-state index in [1.807, 2.05) is 0 Å². The van der Waals surface area contributed by atoms with E-state index in [0.29, 0.717) is 28.9 Å². The molecule has 0 radical (unpaired) electrons. The maximum Gasteiger partial charge on any atom is 0.336 e. The van der Waals surface area contributed by atoms with Crippen LogP contribution in [0.1, 0.15) is 41.5 Å². The van der Waals surface area contributed by atoms with Gasteiger partial charge in [0.15, 0.2) is 12.4 Å². The molecule has 112 valence electrons. The van der Waals surface area contributed by atoms with E-state index in [1.165, 1.54) is 6.07 Å². The molecule has 2 aromatic rings. The van der Waals surface area contributed by atoms with E-state index in [-0.39, 0.29) is 12.2 Å². The van der Waals surface area contributed by atoms with Crippen molar-refractivity contribution in [3.05, 3.63) is 41.0 Å². The normalized spacial score (nSPS) is 10.9. The van der Waals surface area contributed by atoms with Crippen LogP contribution in [-0.2, 0) is 13.0 Å². The van der Waals surface area contributed by atoms with Crippen molar-refractivity contribution in [2.45, 2.75) is 33.8 Å². The zero-order valence-corrected chi connectivity index (χ0v) is 12.3. The minimum Gasteiger partial charge on any atom is -0.483 e. The fraction of sp³-hybridized carbons (Fsp3) is 0.400. The van der Waals surface area contributed by atoms with Gasteiger partial charge in [0.2, 0.25) is 0 Å². The standard InChI is InChI=1S/C15H18N2O4/c1-9(2)7-13-16-14(21-17-13)8-20-12-6-4-5-11(10(12)3)15(18)19/h4-6,9H,7-8H2,1-3H3,(H,18,19). The summed E-state index contributed by atoms with van der Waals surface area (Å²) in [6.07, 6.45) is 0.747. The molecule has 1 N–H and O–H groups in total. The van der Waals surface area contributed by atoms with Crippen molar-refractivity contribution in [2.24, 2.45) is 5.92 Å². The summed E-state index contributed by atoms with van der Waals surface area (Å²) in [7, 11) is 0. The summed E-state index contributed by atoms with van der Waals surface area (Å²) < 4.78 is 10.7. The summed E-state index contributed by atoms with van der Waals surface area (Å²) in [6.45, 7) is 5.98. The second-order valence-corrected chi connectivity index (χ2v) is 5.22. The molecule has 0 saturated carbocycles. The third-order valence-corrected chi connectivity index (χ3v) is 2.97. The fourth-order valence-electron chi connectivity index (χ4n) is 1.94. The molecule has 0 aliphatic carbocycles. The van der Waals surface area contributed by atoms with Gasteiger partial charge >= 0.3 is 5.97 Å². The topological polar surface area (TPSA) is 85.5 Å². The molecular weight excluding hydrogens is 272 g/mol.